The highest BCUT2D eigenvalue weighted by Gasteiger charge is 2.31. The molecule has 4 rings (SSSR count). The summed E-state index contributed by atoms with van der Waals surface area (Å²) in [5, 5.41) is 3.91. The molecular weight excluding hydrogens is 342 g/mol. The van der Waals surface area contributed by atoms with Crippen LogP contribution in [0.25, 0.3) is 11.3 Å². The van der Waals surface area contributed by atoms with Gasteiger partial charge in [0.15, 0.2) is 0 Å². The number of rotatable bonds is 4. The van der Waals surface area contributed by atoms with Gasteiger partial charge in [-0.3, -0.25) is 4.79 Å². The second kappa shape index (κ2) is 7.84. The molecule has 1 unspecified atom stereocenters. The van der Waals surface area contributed by atoms with Gasteiger partial charge in [0.05, 0.1) is 5.69 Å². The summed E-state index contributed by atoms with van der Waals surface area (Å²) in [6.45, 7) is 1.72. The Bertz CT molecular complexity index is 831. The van der Waals surface area contributed by atoms with Crippen LogP contribution in [-0.4, -0.2) is 52.2 Å². The van der Waals surface area contributed by atoms with Gasteiger partial charge in [-0.1, -0.05) is 35.5 Å². The highest BCUT2D eigenvalue weighted by Crippen LogP contribution is 2.27. The van der Waals surface area contributed by atoms with Gasteiger partial charge >= 0.3 is 0 Å². The molecular formula is C20H23N5O2. The average Bonchev–Trinajstić information content (AvgIpc) is 3.23. The maximum absolute atomic E-state index is 12.6. The number of likely N-dealkylation sites (tertiary alicyclic amines) is 1. The fourth-order valence-corrected chi connectivity index (χ4v) is 3.54. The highest BCUT2D eigenvalue weighted by molar-refractivity contribution is 6.39. The van der Waals surface area contributed by atoms with E-state index in [2.05, 4.69) is 10.1 Å². The summed E-state index contributed by atoms with van der Waals surface area (Å²) in [6, 6.07) is 12.0. The van der Waals surface area contributed by atoms with Crippen molar-refractivity contribution < 1.29 is 9.63 Å². The lowest BCUT2D eigenvalue weighted by molar-refractivity contribution is -0.125. The molecule has 2 aliphatic rings. The zero-order chi connectivity index (χ0) is 18.6. The first-order valence-electron chi connectivity index (χ1n) is 9.35. The maximum atomic E-state index is 12.6. The van der Waals surface area contributed by atoms with Crippen molar-refractivity contribution in [2.45, 2.75) is 31.3 Å². The Morgan fingerprint density at radius 3 is 2.67 bits per heavy atom. The van der Waals surface area contributed by atoms with Crippen molar-refractivity contribution in [3.63, 3.8) is 0 Å². The van der Waals surface area contributed by atoms with Crippen molar-refractivity contribution in [2.75, 3.05) is 19.6 Å². The number of carbonyl (C=O) groups is 1. The molecule has 7 nitrogen and oxygen atoms in total. The Morgan fingerprint density at radius 1 is 1.19 bits per heavy atom. The van der Waals surface area contributed by atoms with Gasteiger partial charge in [0.1, 0.15) is 17.6 Å². The van der Waals surface area contributed by atoms with E-state index in [1.54, 1.807) is 0 Å². The number of carbonyl (C=O) groups excluding carboxylic acids is 1. The number of nitrogens with zero attached hydrogens (tertiary/aromatic N) is 4. The molecule has 27 heavy (non-hydrogen) atoms. The van der Waals surface area contributed by atoms with E-state index in [9.17, 15) is 4.79 Å². The van der Waals surface area contributed by atoms with E-state index in [0.29, 0.717) is 31.8 Å². The molecule has 1 saturated heterocycles. The molecule has 0 bridgehead atoms. The SMILES string of the molecule is NCC1CC(C(=O)N2CCC(c3nccc(-c4ccccc4)n3)CC2)=NO1. The summed E-state index contributed by atoms with van der Waals surface area (Å²) >= 11 is 0. The predicted octanol–water partition coefficient (Wildman–Crippen LogP) is 1.95. The molecule has 1 atom stereocenters. The Labute approximate surface area is 158 Å². The lowest BCUT2D eigenvalue weighted by Crippen LogP contribution is -2.42. The molecule has 0 saturated carbocycles. The van der Waals surface area contributed by atoms with Gasteiger partial charge in [0.25, 0.3) is 5.91 Å². The largest absolute Gasteiger partial charge is 0.390 e. The molecule has 0 radical (unpaired) electrons. The number of hydrogen-bond donors (Lipinski definition) is 1. The van der Waals surface area contributed by atoms with Crippen LogP contribution >= 0.6 is 0 Å². The lowest BCUT2D eigenvalue weighted by Gasteiger charge is -2.31. The molecule has 0 spiro atoms. The molecule has 140 valence electrons. The predicted molar refractivity (Wildman–Crippen MR) is 102 cm³/mol. The standard InChI is InChI=1S/C20H23N5O2/c21-13-16-12-18(24-27-16)20(26)25-10-7-15(8-11-25)19-22-9-6-17(23-19)14-4-2-1-3-5-14/h1-6,9,15-16H,7-8,10-13,21H2. The number of oxime groups is 1. The van der Waals surface area contributed by atoms with E-state index in [1.807, 2.05) is 47.5 Å². The van der Waals surface area contributed by atoms with Crippen molar-refractivity contribution in [3.05, 3.63) is 48.4 Å². The number of benzene rings is 1. The Morgan fingerprint density at radius 2 is 1.96 bits per heavy atom. The quantitative estimate of drug-likeness (QED) is 0.894. The molecule has 1 amide bonds. The van der Waals surface area contributed by atoms with E-state index >= 15 is 0 Å². The third-order valence-electron chi connectivity index (χ3n) is 5.13. The molecule has 2 aromatic rings. The fourth-order valence-electron chi connectivity index (χ4n) is 3.54. The average molecular weight is 365 g/mol. The van der Waals surface area contributed by atoms with Crippen molar-refractivity contribution in [2.24, 2.45) is 10.9 Å². The summed E-state index contributed by atoms with van der Waals surface area (Å²) in [7, 11) is 0. The molecule has 1 fully saturated rings. The van der Waals surface area contributed by atoms with Crippen molar-refractivity contribution in [1.82, 2.24) is 14.9 Å². The van der Waals surface area contributed by atoms with Crippen LogP contribution in [0.15, 0.2) is 47.8 Å². The molecule has 2 aliphatic heterocycles. The van der Waals surface area contributed by atoms with Crippen LogP contribution in [0.4, 0.5) is 0 Å². The Kier molecular flexibility index (Phi) is 5.11. The third-order valence-corrected chi connectivity index (χ3v) is 5.13. The monoisotopic (exact) mass is 365 g/mol. The Hall–Kier alpha value is -2.80. The smallest absolute Gasteiger partial charge is 0.271 e. The minimum Gasteiger partial charge on any atom is -0.390 e. The van der Waals surface area contributed by atoms with Gasteiger partial charge < -0.3 is 15.5 Å². The number of hydrogen-bond acceptors (Lipinski definition) is 6. The van der Waals surface area contributed by atoms with Crippen LogP contribution in [0.5, 0.6) is 0 Å². The van der Waals surface area contributed by atoms with Crippen molar-refractivity contribution in [3.8, 4) is 11.3 Å². The van der Waals surface area contributed by atoms with Crippen LogP contribution in [-0.2, 0) is 9.63 Å². The van der Waals surface area contributed by atoms with E-state index in [0.717, 1.165) is 29.9 Å². The Balaban J connectivity index is 1.39. The number of nitrogens with two attached hydrogens (primary N) is 1. The van der Waals surface area contributed by atoms with E-state index in [-0.39, 0.29) is 17.9 Å². The summed E-state index contributed by atoms with van der Waals surface area (Å²) < 4.78 is 0. The minimum absolute atomic E-state index is 0.0386. The second-order valence-electron chi connectivity index (χ2n) is 6.94. The number of amides is 1. The summed E-state index contributed by atoms with van der Waals surface area (Å²) in [5.41, 5.74) is 8.07. The zero-order valence-electron chi connectivity index (χ0n) is 15.1. The van der Waals surface area contributed by atoms with Gasteiger partial charge in [-0.15, -0.1) is 0 Å². The number of piperidine rings is 1. The van der Waals surface area contributed by atoms with Crippen LogP contribution in [0.3, 0.4) is 0 Å². The number of aromatic nitrogens is 2. The first-order chi connectivity index (χ1) is 13.2. The second-order valence-corrected chi connectivity index (χ2v) is 6.94. The van der Waals surface area contributed by atoms with Crippen molar-refractivity contribution >= 4 is 11.6 Å². The summed E-state index contributed by atoms with van der Waals surface area (Å²) in [6.07, 6.45) is 3.84. The summed E-state index contributed by atoms with van der Waals surface area (Å²) in [4.78, 5) is 28.8. The molecule has 1 aromatic heterocycles. The van der Waals surface area contributed by atoms with E-state index < -0.39 is 0 Å². The fraction of sp³-hybridized carbons (Fsp3) is 0.400. The third kappa shape index (κ3) is 3.83. The zero-order valence-corrected chi connectivity index (χ0v) is 15.1. The van der Waals surface area contributed by atoms with Crippen LogP contribution < -0.4 is 5.73 Å². The topological polar surface area (TPSA) is 93.7 Å². The first kappa shape index (κ1) is 17.6. The van der Waals surface area contributed by atoms with Gasteiger partial charge in [0.2, 0.25) is 0 Å². The lowest BCUT2D eigenvalue weighted by atomic mass is 9.95. The maximum Gasteiger partial charge on any atom is 0.271 e. The van der Waals surface area contributed by atoms with Crippen molar-refractivity contribution in [1.29, 1.82) is 0 Å². The normalized spacial score (nSPS) is 20.3. The highest BCUT2D eigenvalue weighted by atomic mass is 16.6. The van der Waals surface area contributed by atoms with Crippen LogP contribution in [0.1, 0.15) is 31.0 Å². The van der Waals surface area contributed by atoms with E-state index in [4.69, 9.17) is 15.6 Å². The van der Waals surface area contributed by atoms with Gasteiger partial charge in [-0.05, 0) is 18.9 Å². The van der Waals surface area contributed by atoms with Gasteiger partial charge in [-0.25, -0.2) is 9.97 Å². The first-order valence-corrected chi connectivity index (χ1v) is 9.35. The molecule has 3 heterocycles. The minimum atomic E-state index is -0.171. The van der Waals surface area contributed by atoms with Gasteiger partial charge in [-0.2, -0.15) is 0 Å². The van der Waals surface area contributed by atoms with E-state index in [1.165, 1.54) is 0 Å². The van der Waals surface area contributed by atoms with Crippen LogP contribution in [0.2, 0.25) is 0 Å². The van der Waals surface area contributed by atoms with Crippen LogP contribution in [0, 0.1) is 0 Å². The van der Waals surface area contributed by atoms with Gasteiger partial charge in [0, 0.05) is 43.7 Å². The molecule has 7 heteroatoms. The molecule has 1 aromatic carbocycles. The molecule has 2 N–H and O–H groups in total. The summed E-state index contributed by atoms with van der Waals surface area (Å²) in [5.74, 6) is 1.08. The molecule has 0 aliphatic carbocycles.